The highest BCUT2D eigenvalue weighted by Crippen LogP contribution is 2.26. The fourth-order valence-electron chi connectivity index (χ4n) is 3.14. The van der Waals surface area contributed by atoms with E-state index >= 15 is 0 Å². The quantitative estimate of drug-likeness (QED) is 0.775. The molecule has 1 heterocycles. The Labute approximate surface area is 128 Å². The van der Waals surface area contributed by atoms with Crippen LogP contribution in [0.5, 0.6) is 5.75 Å². The zero-order chi connectivity index (χ0) is 15.4. The molecule has 1 saturated heterocycles. The summed E-state index contributed by atoms with van der Waals surface area (Å²) >= 11 is 0. The van der Waals surface area contributed by atoms with Gasteiger partial charge in [0.25, 0.3) is 0 Å². The second-order valence-electron chi connectivity index (χ2n) is 6.39. The van der Waals surface area contributed by atoms with Gasteiger partial charge in [0.1, 0.15) is 5.75 Å². The van der Waals surface area contributed by atoms with Gasteiger partial charge >= 0.3 is 0 Å². The maximum atomic E-state index is 12.6. The molecule has 1 aliphatic heterocycles. The molecule has 116 valence electrons. The maximum absolute atomic E-state index is 12.6. The molecule has 1 aliphatic rings. The van der Waals surface area contributed by atoms with Crippen LogP contribution in [0.15, 0.2) is 24.3 Å². The summed E-state index contributed by atoms with van der Waals surface area (Å²) in [5.74, 6) is 2.56. The first-order chi connectivity index (χ1) is 10.0. The predicted molar refractivity (Wildman–Crippen MR) is 85.9 cm³/mol. The molecule has 1 fully saturated rings. The van der Waals surface area contributed by atoms with Crippen LogP contribution in [-0.2, 0) is 0 Å². The third-order valence-corrected chi connectivity index (χ3v) is 4.82. The molecule has 0 spiro atoms. The first-order valence-corrected chi connectivity index (χ1v) is 7.95. The van der Waals surface area contributed by atoms with Gasteiger partial charge in [-0.05, 0) is 69.0 Å². The molecule has 0 aliphatic carbocycles. The van der Waals surface area contributed by atoms with Crippen LogP contribution in [0, 0.1) is 11.8 Å². The van der Waals surface area contributed by atoms with Crippen LogP contribution in [0.3, 0.4) is 0 Å². The van der Waals surface area contributed by atoms with Crippen LogP contribution in [0.1, 0.15) is 44.0 Å². The number of likely N-dealkylation sites (tertiary alicyclic amines) is 1. The zero-order valence-corrected chi connectivity index (χ0v) is 13.6. The second kappa shape index (κ2) is 7.08. The summed E-state index contributed by atoms with van der Waals surface area (Å²) < 4.78 is 5.14. The lowest BCUT2D eigenvalue weighted by Gasteiger charge is -2.36. The van der Waals surface area contributed by atoms with Crippen LogP contribution in [0.2, 0.25) is 0 Å². The lowest BCUT2D eigenvalue weighted by atomic mass is 9.86. The number of rotatable bonds is 5. The average Bonchev–Trinajstić information content (AvgIpc) is 2.53. The van der Waals surface area contributed by atoms with E-state index in [1.54, 1.807) is 7.11 Å². The highest BCUT2D eigenvalue weighted by atomic mass is 16.5. The van der Waals surface area contributed by atoms with Crippen molar-refractivity contribution in [3.05, 3.63) is 29.8 Å². The van der Waals surface area contributed by atoms with Gasteiger partial charge in [0, 0.05) is 5.56 Å². The number of nitrogens with zero attached hydrogens (tertiary/aromatic N) is 1. The Hall–Kier alpha value is -1.35. The fraction of sp³-hybridized carbons (Fsp3) is 0.611. The Balaban J connectivity index is 1.96. The molecule has 0 N–H and O–H groups in total. The minimum absolute atomic E-state index is 0.0356. The van der Waals surface area contributed by atoms with Gasteiger partial charge in [-0.25, -0.2) is 0 Å². The second-order valence-corrected chi connectivity index (χ2v) is 6.39. The molecule has 1 aromatic carbocycles. The van der Waals surface area contributed by atoms with Crippen LogP contribution in [-0.4, -0.2) is 36.9 Å². The lowest BCUT2D eigenvalue weighted by molar-refractivity contribution is 0.0743. The smallest absolute Gasteiger partial charge is 0.179 e. The molecule has 0 bridgehead atoms. The van der Waals surface area contributed by atoms with Gasteiger partial charge in [-0.2, -0.15) is 0 Å². The van der Waals surface area contributed by atoms with Crippen molar-refractivity contribution in [2.24, 2.45) is 11.8 Å². The van der Waals surface area contributed by atoms with E-state index in [1.165, 1.54) is 12.8 Å². The highest BCUT2D eigenvalue weighted by molar-refractivity contribution is 5.99. The van der Waals surface area contributed by atoms with Gasteiger partial charge in [-0.1, -0.05) is 13.8 Å². The third kappa shape index (κ3) is 3.85. The molecular weight excluding hydrogens is 262 g/mol. The topological polar surface area (TPSA) is 29.5 Å². The molecule has 0 radical (unpaired) electrons. The van der Waals surface area contributed by atoms with Gasteiger partial charge < -0.3 is 4.74 Å². The monoisotopic (exact) mass is 289 g/mol. The van der Waals surface area contributed by atoms with E-state index in [-0.39, 0.29) is 11.8 Å². The number of hydrogen-bond acceptors (Lipinski definition) is 3. The van der Waals surface area contributed by atoms with E-state index in [2.05, 4.69) is 18.7 Å². The summed E-state index contributed by atoms with van der Waals surface area (Å²) in [6, 6.07) is 7.39. The summed E-state index contributed by atoms with van der Waals surface area (Å²) in [5.41, 5.74) is 0.772. The van der Waals surface area contributed by atoms with Crippen molar-refractivity contribution < 1.29 is 9.53 Å². The van der Waals surface area contributed by atoms with Gasteiger partial charge in [0.2, 0.25) is 0 Å². The Bertz CT molecular complexity index is 459. The number of ketones is 1. The van der Waals surface area contributed by atoms with E-state index < -0.39 is 0 Å². The number of hydrogen-bond donors (Lipinski definition) is 0. The minimum atomic E-state index is -0.0356. The van der Waals surface area contributed by atoms with Crippen LogP contribution in [0.25, 0.3) is 0 Å². The van der Waals surface area contributed by atoms with E-state index in [1.807, 2.05) is 31.2 Å². The van der Waals surface area contributed by atoms with Crippen molar-refractivity contribution >= 4 is 5.78 Å². The molecular formula is C18H27NO2. The van der Waals surface area contributed by atoms with Gasteiger partial charge in [0.15, 0.2) is 5.78 Å². The van der Waals surface area contributed by atoms with Gasteiger partial charge in [0.05, 0.1) is 13.2 Å². The molecule has 0 saturated carbocycles. The number of carbonyl (C=O) groups is 1. The minimum Gasteiger partial charge on any atom is -0.497 e. The first-order valence-electron chi connectivity index (χ1n) is 7.95. The van der Waals surface area contributed by atoms with Crippen molar-refractivity contribution in [1.82, 2.24) is 4.90 Å². The van der Waals surface area contributed by atoms with Crippen LogP contribution in [0.4, 0.5) is 0 Å². The summed E-state index contributed by atoms with van der Waals surface area (Å²) in [5, 5.41) is 0. The van der Waals surface area contributed by atoms with Crippen molar-refractivity contribution in [2.75, 3.05) is 20.2 Å². The number of methoxy groups -OCH3 is 1. The number of Topliss-reactive ketones (excluding diaryl/α,β-unsaturated/α-hetero) is 1. The predicted octanol–water partition coefficient (Wildman–Crippen LogP) is 3.63. The first kappa shape index (κ1) is 16.0. The molecule has 2 rings (SSSR count). The maximum Gasteiger partial charge on any atom is 0.179 e. The van der Waals surface area contributed by atoms with E-state index in [0.717, 1.165) is 36.2 Å². The number of carbonyl (C=O) groups excluding carboxylic acids is 1. The normalized spacial score (nSPS) is 18.7. The Morgan fingerprint density at radius 3 is 2.19 bits per heavy atom. The average molecular weight is 289 g/mol. The zero-order valence-electron chi connectivity index (χ0n) is 13.6. The molecule has 0 aromatic heterocycles. The Morgan fingerprint density at radius 1 is 1.14 bits per heavy atom. The molecule has 21 heavy (non-hydrogen) atoms. The lowest BCUT2D eigenvalue weighted by Crippen LogP contribution is -2.44. The largest absolute Gasteiger partial charge is 0.497 e. The van der Waals surface area contributed by atoms with Gasteiger partial charge in [-0.3, -0.25) is 9.69 Å². The molecule has 3 heteroatoms. The van der Waals surface area contributed by atoms with Gasteiger partial charge in [-0.15, -0.1) is 0 Å². The number of piperidine rings is 1. The molecule has 0 amide bonds. The SMILES string of the molecule is COc1ccc(C(=O)C(C)N2CCC(C(C)C)CC2)cc1. The van der Waals surface area contributed by atoms with Crippen molar-refractivity contribution in [3.8, 4) is 5.75 Å². The number of benzene rings is 1. The van der Waals surface area contributed by atoms with Crippen molar-refractivity contribution in [2.45, 2.75) is 39.7 Å². The summed E-state index contributed by atoms with van der Waals surface area (Å²) in [6.07, 6.45) is 2.41. The number of ether oxygens (including phenoxy) is 1. The molecule has 1 aromatic rings. The molecule has 1 unspecified atom stereocenters. The third-order valence-electron chi connectivity index (χ3n) is 4.82. The Kier molecular flexibility index (Phi) is 5.40. The summed E-state index contributed by atoms with van der Waals surface area (Å²) in [6.45, 7) is 8.69. The van der Waals surface area contributed by atoms with E-state index in [0.29, 0.717) is 0 Å². The highest BCUT2D eigenvalue weighted by Gasteiger charge is 2.28. The van der Waals surface area contributed by atoms with Crippen molar-refractivity contribution in [1.29, 1.82) is 0 Å². The van der Waals surface area contributed by atoms with E-state index in [4.69, 9.17) is 4.74 Å². The van der Waals surface area contributed by atoms with Crippen LogP contribution < -0.4 is 4.74 Å². The van der Waals surface area contributed by atoms with Crippen LogP contribution >= 0.6 is 0 Å². The molecule has 1 atom stereocenters. The van der Waals surface area contributed by atoms with Crippen molar-refractivity contribution in [3.63, 3.8) is 0 Å². The molecule has 3 nitrogen and oxygen atoms in total. The summed E-state index contributed by atoms with van der Waals surface area (Å²) in [7, 11) is 1.64. The summed E-state index contributed by atoms with van der Waals surface area (Å²) in [4.78, 5) is 14.9. The standard InChI is InChI=1S/C18H27NO2/c1-13(2)15-9-11-19(12-10-15)14(3)18(20)16-5-7-17(21-4)8-6-16/h5-8,13-15H,9-12H2,1-4H3. The fourth-order valence-corrected chi connectivity index (χ4v) is 3.14. The Morgan fingerprint density at radius 2 is 1.71 bits per heavy atom. The van der Waals surface area contributed by atoms with E-state index in [9.17, 15) is 4.79 Å².